The first kappa shape index (κ1) is 20.7. The average molecular weight is 410 g/mol. The van der Waals surface area contributed by atoms with E-state index in [2.05, 4.69) is 19.2 Å². The number of para-hydroxylation sites is 1. The van der Waals surface area contributed by atoms with Crippen molar-refractivity contribution in [1.82, 2.24) is 5.32 Å². The zero-order valence-corrected chi connectivity index (χ0v) is 18.3. The van der Waals surface area contributed by atoms with Crippen molar-refractivity contribution in [3.05, 3.63) is 52.4 Å². The molecule has 4 rings (SSSR count). The maximum absolute atomic E-state index is 13.4. The van der Waals surface area contributed by atoms with E-state index in [1.54, 1.807) is 7.11 Å². The maximum atomic E-state index is 13.4. The van der Waals surface area contributed by atoms with E-state index in [-0.39, 0.29) is 23.3 Å². The molecule has 1 heterocycles. The number of rotatable bonds is 4. The highest BCUT2D eigenvalue weighted by Crippen LogP contribution is 2.48. The number of esters is 1. The first-order chi connectivity index (χ1) is 14.3. The summed E-state index contributed by atoms with van der Waals surface area (Å²) in [5.41, 5.74) is 3.61. The van der Waals surface area contributed by atoms with Gasteiger partial charge in [0.1, 0.15) is 11.9 Å². The van der Waals surface area contributed by atoms with Gasteiger partial charge in [0.15, 0.2) is 5.78 Å². The van der Waals surface area contributed by atoms with Gasteiger partial charge in [0.25, 0.3) is 0 Å². The first-order valence-electron chi connectivity index (χ1n) is 10.9. The van der Waals surface area contributed by atoms with E-state index >= 15 is 0 Å². The van der Waals surface area contributed by atoms with Gasteiger partial charge in [-0.05, 0) is 50.5 Å². The van der Waals surface area contributed by atoms with Crippen LogP contribution in [0.2, 0.25) is 0 Å². The van der Waals surface area contributed by atoms with Crippen LogP contribution in [0.25, 0.3) is 0 Å². The van der Waals surface area contributed by atoms with Crippen LogP contribution < -0.4 is 10.1 Å². The molecule has 1 saturated carbocycles. The maximum Gasteiger partial charge on any atom is 0.337 e. The minimum absolute atomic E-state index is 0.0347. The van der Waals surface area contributed by atoms with E-state index in [9.17, 15) is 9.59 Å². The second kappa shape index (κ2) is 7.93. The molecule has 0 aromatic heterocycles. The number of Topliss-reactive ketones (excluding diaryl/α,β-unsaturated/α-hetero) is 1. The lowest BCUT2D eigenvalue weighted by Gasteiger charge is -2.39. The molecule has 2 aliphatic carbocycles. The van der Waals surface area contributed by atoms with E-state index in [1.165, 1.54) is 0 Å². The molecule has 30 heavy (non-hydrogen) atoms. The quantitative estimate of drug-likeness (QED) is 0.725. The zero-order chi connectivity index (χ0) is 21.5. The monoisotopic (exact) mass is 409 g/mol. The van der Waals surface area contributed by atoms with Crippen molar-refractivity contribution in [2.45, 2.75) is 71.3 Å². The van der Waals surface area contributed by atoms with Crippen molar-refractivity contribution in [3.8, 4) is 5.75 Å². The number of nitrogens with one attached hydrogen (secondary N) is 1. The normalized spacial score (nSPS) is 23.9. The minimum atomic E-state index is -0.477. The van der Waals surface area contributed by atoms with Crippen LogP contribution in [-0.2, 0) is 14.3 Å². The number of dihydropyridines is 1. The average Bonchev–Trinajstić information content (AvgIpc) is 3.18. The second-order valence-corrected chi connectivity index (χ2v) is 9.48. The molecule has 5 heteroatoms. The molecule has 1 aromatic rings. The molecule has 0 saturated heterocycles. The van der Waals surface area contributed by atoms with Gasteiger partial charge < -0.3 is 14.8 Å². The molecule has 0 bridgehead atoms. The number of hydrogen-bond donors (Lipinski definition) is 1. The topological polar surface area (TPSA) is 64.6 Å². The highest BCUT2D eigenvalue weighted by atomic mass is 16.5. The molecule has 1 atom stereocenters. The number of allylic oxidation sites excluding steroid dienone is 3. The SMILES string of the molecule is COc1ccccc1[C@H]1C(C(=O)OC2CCCC2)=C(C)NC2=C1C(=O)CC(C)(C)C2. The summed E-state index contributed by atoms with van der Waals surface area (Å²) in [4.78, 5) is 26.7. The fourth-order valence-corrected chi connectivity index (χ4v) is 5.14. The van der Waals surface area contributed by atoms with Crippen LogP contribution in [0.4, 0.5) is 0 Å². The third-order valence-corrected chi connectivity index (χ3v) is 6.49. The highest BCUT2D eigenvalue weighted by Gasteiger charge is 2.44. The second-order valence-electron chi connectivity index (χ2n) is 9.48. The Morgan fingerprint density at radius 2 is 1.83 bits per heavy atom. The van der Waals surface area contributed by atoms with E-state index in [1.807, 2.05) is 31.2 Å². The van der Waals surface area contributed by atoms with Crippen LogP contribution in [0, 0.1) is 5.41 Å². The van der Waals surface area contributed by atoms with Crippen LogP contribution in [0.15, 0.2) is 46.8 Å². The minimum Gasteiger partial charge on any atom is -0.496 e. The van der Waals surface area contributed by atoms with Crippen LogP contribution in [0.3, 0.4) is 0 Å². The predicted octanol–water partition coefficient (Wildman–Crippen LogP) is 4.79. The van der Waals surface area contributed by atoms with Gasteiger partial charge in [0.2, 0.25) is 0 Å². The van der Waals surface area contributed by atoms with E-state index in [4.69, 9.17) is 9.47 Å². The van der Waals surface area contributed by atoms with Gasteiger partial charge >= 0.3 is 5.97 Å². The summed E-state index contributed by atoms with van der Waals surface area (Å²) in [7, 11) is 1.62. The molecule has 1 aromatic carbocycles. The van der Waals surface area contributed by atoms with Gasteiger partial charge in [-0.2, -0.15) is 0 Å². The van der Waals surface area contributed by atoms with Crippen LogP contribution in [0.5, 0.6) is 5.75 Å². The highest BCUT2D eigenvalue weighted by molar-refractivity contribution is 6.04. The molecule has 0 radical (unpaired) electrons. The largest absolute Gasteiger partial charge is 0.496 e. The molecule has 5 nitrogen and oxygen atoms in total. The zero-order valence-electron chi connectivity index (χ0n) is 18.3. The molecule has 1 aliphatic heterocycles. The lowest BCUT2D eigenvalue weighted by molar-refractivity contribution is -0.144. The molecule has 0 spiro atoms. The van der Waals surface area contributed by atoms with E-state index in [0.29, 0.717) is 23.3 Å². The molecular weight excluding hydrogens is 378 g/mol. The van der Waals surface area contributed by atoms with Gasteiger partial charge in [-0.1, -0.05) is 32.0 Å². The lowest BCUT2D eigenvalue weighted by atomic mass is 9.68. The Bertz CT molecular complexity index is 934. The summed E-state index contributed by atoms with van der Waals surface area (Å²) < 4.78 is 11.5. The standard InChI is InChI=1S/C25H31NO4/c1-15-21(24(28)30-16-9-5-6-10-16)22(17-11-7-8-12-20(17)29-4)23-18(26-15)13-25(2,3)14-19(23)27/h7-8,11-12,16,22,26H,5-6,9-10,13-14H2,1-4H3/t22-/m0/s1. The van der Waals surface area contributed by atoms with Gasteiger partial charge in [-0.15, -0.1) is 0 Å². The number of ketones is 1. The Kier molecular flexibility index (Phi) is 5.48. The Hall–Kier alpha value is -2.56. The van der Waals surface area contributed by atoms with Crippen molar-refractivity contribution in [3.63, 3.8) is 0 Å². The van der Waals surface area contributed by atoms with Gasteiger partial charge in [0, 0.05) is 29.0 Å². The first-order valence-corrected chi connectivity index (χ1v) is 10.9. The molecule has 1 N–H and O–H groups in total. The van der Waals surface area contributed by atoms with E-state index < -0.39 is 5.92 Å². The number of benzene rings is 1. The number of carbonyl (C=O) groups excluding carboxylic acids is 2. The molecular formula is C25H31NO4. The van der Waals surface area contributed by atoms with Crippen LogP contribution in [0.1, 0.15) is 70.8 Å². The fraction of sp³-hybridized carbons (Fsp3) is 0.520. The van der Waals surface area contributed by atoms with E-state index in [0.717, 1.165) is 49.1 Å². The Morgan fingerprint density at radius 3 is 2.53 bits per heavy atom. The Morgan fingerprint density at radius 1 is 1.13 bits per heavy atom. The lowest BCUT2D eigenvalue weighted by Crippen LogP contribution is -2.39. The predicted molar refractivity (Wildman–Crippen MR) is 115 cm³/mol. The Balaban J connectivity index is 1.82. The summed E-state index contributed by atoms with van der Waals surface area (Å²) in [5.74, 6) is -0.0435. The fourth-order valence-electron chi connectivity index (χ4n) is 5.14. The Labute approximate surface area is 178 Å². The summed E-state index contributed by atoms with van der Waals surface area (Å²) in [6.07, 6.45) is 5.19. The van der Waals surface area contributed by atoms with Crippen molar-refractivity contribution in [2.75, 3.05) is 7.11 Å². The molecule has 1 fully saturated rings. The third kappa shape index (κ3) is 3.78. The summed E-state index contributed by atoms with van der Waals surface area (Å²) in [5, 5.41) is 3.39. The number of methoxy groups -OCH3 is 1. The molecule has 0 amide bonds. The van der Waals surface area contributed by atoms with Crippen molar-refractivity contribution >= 4 is 11.8 Å². The van der Waals surface area contributed by atoms with Gasteiger partial charge in [-0.25, -0.2) is 4.79 Å². The summed E-state index contributed by atoms with van der Waals surface area (Å²) in [6.45, 7) is 6.12. The number of carbonyl (C=O) groups is 2. The number of ether oxygens (including phenoxy) is 2. The smallest absolute Gasteiger partial charge is 0.337 e. The van der Waals surface area contributed by atoms with Crippen LogP contribution in [-0.4, -0.2) is 25.0 Å². The number of hydrogen-bond acceptors (Lipinski definition) is 5. The molecule has 0 unspecified atom stereocenters. The van der Waals surface area contributed by atoms with Gasteiger partial charge in [0.05, 0.1) is 18.6 Å². The third-order valence-electron chi connectivity index (χ3n) is 6.49. The van der Waals surface area contributed by atoms with Crippen molar-refractivity contribution in [2.24, 2.45) is 5.41 Å². The molecule has 160 valence electrons. The van der Waals surface area contributed by atoms with Crippen LogP contribution >= 0.6 is 0 Å². The van der Waals surface area contributed by atoms with Crippen molar-refractivity contribution < 1.29 is 19.1 Å². The molecule has 3 aliphatic rings. The summed E-state index contributed by atoms with van der Waals surface area (Å²) >= 11 is 0. The van der Waals surface area contributed by atoms with Crippen molar-refractivity contribution in [1.29, 1.82) is 0 Å². The summed E-state index contributed by atoms with van der Waals surface area (Å²) in [6, 6.07) is 7.65. The van der Waals surface area contributed by atoms with Gasteiger partial charge in [-0.3, -0.25) is 4.79 Å².